The molecule has 2 fully saturated rings. The molecule has 1 aromatic heterocycles. The van der Waals surface area contributed by atoms with Gasteiger partial charge in [-0.1, -0.05) is 35.9 Å². The molecule has 1 aromatic carbocycles. The van der Waals surface area contributed by atoms with Crippen molar-refractivity contribution in [3.63, 3.8) is 0 Å². The Labute approximate surface area is 182 Å². The van der Waals surface area contributed by atoms with Gasteiger partial charge < -0.3 is 14.7 Å². The van der Waals surface area contributed by atoms with Gasteiger partial charge in [0.05, 0.1) is 24.5 Å². The second-order valence-corrected chi connectivity index (χ2v) is 7.92. The van der Waals surface area contributed by atoms with E-state index in [1.54, 1.807) is 35.4 Å². The molecular weight excluding hydrogens is 394 g/mol. The normalized spacial score (nSPS) is 21.6. The third-order valence-electron chi connectivity index (χ3n) is 5.81. The van der Waals surface area contributed by atoms with Gasteiger partial charge in [-0.3, -0.25) is 19.5 Å². The van der Waals surface area contributed by atoms with E-state index < -0.39 is 17.7 Å². The van der Waals surface area contributed by atoms with Crippen LogP contribution in [0.1, 0.15) is 29.3 Å². The molecule has 31 heavy (non-hydrogen) atoms. The van der Waals surface area contributed by atoms with Crippen LogP contribution < -0.4 is 0 Å². The number of hydrogen-bond donors (Lipinski definition) is 1. The number of benzene rings is 1. The summed E-state index contributed by atoms with van der Waals surface area (Å²) < 4.78 is 5.38. The fourth-order valence-corrected chi connectivity index (χ4v) is 4.11. The summed E-state index contributed by atoms with van der Waals surface area (Å²) in [6.07, 6.45) is 2.36. The van der Waals surface area contributed by atoms with Crippen LogP contribution in [-0.2, 0) is 14.3 Å². The van der Waals surface area contributed by atoms with Crippen LogP contribution in [0.15, 0.2) is 54.2 Å². The van der Waals surface area contributed by atoms with Crippen molar-refractivity contribution in [1.29, 1.82) is 0 Å². The minimum absolute atomic E-state index is 0.0962. The standard InChI is InChI=1S/C24H27N3O4/c1-17-6-8-18(9-7-17)22(28)20-21(19-5-2-3-10-25-19)27(24(30)23(20)29)12-4-11-26-13-15-31-16-14-26/h2-3,5-10,21,28H,4,11-16H2,1H3. The molecule has 1 atom stereocenters. The van der Waals surface area contributed by atoms with Gasteiger partial charge in [-0.15, -0.1) is 0 Å². The molecule has 2 aromatic rings. The van der Waals surface area contributed by atoms with Gasteiger partial charge in [0, 0.05) is 37.9 Å². The molecule has 7 heteroatoms. The fourth-order valence-electron chi connectivity index (χ4n) is 4.11. The first-order valence-electron chi connectivity index (χ1n) is 10.6. The lowest BCUT2D eigenvalue weighted by Gasteiger charge is -2.28. The van der Waals surface area contributed by atoms with Crippen LogP contribution in [-0.4, -0.2) is 71.0 Å². The van der Waals surface area contributed by atoms with Crippen molar-refractivity contribution in [3.05, 3.63) is 71.1 Å². The van der Waals surface area contributed by atoms with E-state index in [4.69, 9.17) is 4.74 Å². The number of pyridine rings is 1. The number of aliphatic hydroxyl groups excluding tert-OH is 1. The van der Waals surface area contributed by atoms with Crippen molar-refractivity contribution in [3.8, 4) is 0 Å². The zero-order valence-corrected chi connectivity index (χ0v) is 17.7. The number of amides is 1. The molecule has 0 bridgehead atoms. The van der Waals surface area contributed by atoms with E-state index in [0.29, 0.717) is 17.8 Å². The molecule has 1 N–H and O–H groups in total. The summed E-state index contributed by atoms with van der Waals surface area (Å²) >= 11 is 0. The topological polar surface area (TPSA) is 83.0 Å². The first-order chi connectivity index (χ1) is 15.1. The van der Waals surface area contributed by atoms with Gasteiger partial charge in [-0.25, -0.2) is 0 Å². The molecule has 1 unspecified atom stereocenters. The fraction of sp³-hybridized carbons (Fsp3) is 0.375. The highest BCUT2D eigenvalue weighted by atomic mass is 16.5. The van der Waals surface area contributed by atoms with Crippen molar-refractivity contribution in [1.82, 2.24) is 14.8 Å². The average molecular weight is 421 g/mol. The van der Waals surface area contributed by atoms with Crippen molar-refractivity contribution in [2.75, 3.05) is 39.4 Å². The van der Waals surface area contributed by atoms with Crippen LogP contribution in [0.2, 0.25) is 0 Å². The molecule has 0 aliphatic carbocycles. The Morgan fingerprint density at radius 3 is 2.52 bits per heavy atom. The Kier molecular flexibility index (Phi) is 6.44. The van der Waals surface area contributed by atoms with Crippen LogP contribution in [0.5, 0.6) is 0 Å². The van der Waals surface area contributed by atoms with E-state index in [-0.39, 0.29) is 11.3 Å². The molecule has 3 heterocycles. The number of nitrogens with zero attached hydrogens (tertiary/aromatic N) is 3. The summed E-state index contributed by atoms with van der Waals surface area (Å²) in [5.41, 5.74) is 2.22. The lowest BCUT2D eigenvalue weighted by atomic mass is 9.98. The quantitative estimate of drug-likeness (QED) is 0.439. The Bertz CT molecular complexity index is 966. The monoisotopic (exact) mass is 421 g/mol. The smallest absolute Gasteiger partial charge is 0.295 e. The van der Waals surface area contributed by atoms with Crippen LogP contribution in [0.4, 0.5) is 0 Å². The lowest BCUT2D eigenvalue weighted by molar-refractivity contribution is -0.140. The maximum atomic E-state index is 13.0. The predicted octanol–water partition coefficient (Wildman–Crippen LogP) is 2.53. The molecule has 162 valence electrons. The van der Waals surface area contributed by atoms with Crippen LogP contribution >= 0.6 is 0 Å². The Morgan fingerprint density at radius 1 is 1.10 bits per heavy atom. The maximum absolute atomic E-state index is 13.0. The maximum Gasteiger partial charge on any atom is 0.295 e. The van der Waals surface area contributed by atoms with Gasteiger partial charge in [-0.2, -0.15) is 0 Å². The van der Waals surface area contributed by atoms with Gasteiger partial charge in [-0.05, 0) is 25.5 Å². The number of Topliss-reactive ketones (excluding diaryl/α,β-unsaturated/α-hetero) is 1. The molecule has 1 amide bonds. The third-order valence-corrected chi connectivity index (χ3v) is 5.81. The number of morpholine rings is 1. The number of likely N-dealkylation sites (tertiary alicyclic amines) is 1. The zero-order valence-electron chi connectivity index (χ0n) is 17.7. The van der Waals surface area contributed by atoms with Crippen LogP contribution in [0.25, 0.3) is 5.76 Å². The average Bonchev–Trinajstić information content (AvgIpc) is 3.05. The number of aryl methyl sites for hydroxylation is 1. The number of ether oxygens (including phenoxy) is 1. The van der Waals surface area contributed by atoms with Gasteiger partial charge in [0.1, 0.15) is 11.8 Å². The summed E-state index contributed by atoms with van der Waals surface area (Å²) in [4.78, 5) is 34.2. The third kappa shape index (κ3) is 4.52. The minimum Gasteiger partial charge on any atom is -0.507 e. The van der Waals surface area contributed by atoms with Crippen molar-refractivity contribution in [2.45, 2.75) is 19.4 Å². The Morgan fingerprint density at radius 2 is 1.84 bits per heavy atom. The largest absolute Gasteiger partial charge is 0.507 e. The molecular formula is C24H27N3O4. The van der Waals surface area contributed by atoms with E-state index in [1.165, 1.54) is 0 Å². The summed E-state index contributed by atoms with van der Waals surface area (Å²) in [7, 11) is 0. The van der Waals surface area contributed by atoms with Gasteiger partial charge >= 0.3 is 0 Å². The molecule has 0 saturated carbocycles. The number of rotatable bonds is 6. The first-order valence-corrected chi connectivity index (χ1v) is 10.6. The summed E-state index contributed by atoms with van der Waals surface area (Å²) in [6, 6.07) is 11.9. The molecule has 2 saturated heterocycles. The number of hydrogen-bond acceptors (Lipinski definition) is 6. The number of carbonyl (C=O) groups excluding carboxylic acids is 2. The molecule has 0 radical (unpaired) electrons. The Balaban J connectivity index is 1.64. The number of aliphatic hydroxyl groups is 1. The number of ketones is 1. The number of aromatic nitrogens is 1. The van der Waals surface area contributed by atoms with Crippen LogP contribution in [0.3, 0.4) is 0 Å². The molecule has 0 spiro atoms. The van der Waals surface area contributed by atoms with Crippen LogP contribution in [0, 0.1) is 6.92 Å². The SMILES string of the molecule is Cc1ccc(C(O)=C2C(=O)C(=O)N(CCCN3CCOCC3)C2c2ccccn2)cc1. The number of carbonyl (C=O) groups is 2. The van der Waals surface area contributed by atoms with E-state index in [1.807, 2.05) is 25.1 Å². The van der Waals surface area contributed by atoms with E-state index in [9.17, 15) is 14.7 Å². The minimum atomic E-state index is -0.702. The van der Waals surface area contributed by atoms with E-state index in [0.717, 1.165) is 44.8 Å². The molecule has 2 aliphatic rings. The summed E-state index contributed by atoms with van der Waals surface area (Å²) in [6.45, 7) is 6.36. The highest BCUT2D eigenvalue weighted by Crippen LogP contribution is 2.38. The second kappa shape index (κ2) is 9.41. The van der Waals surface area contributed by atoms with E-state index in [2.05, 4.69) is 9.88 Å². The summed E-state index contributed by atoms with van der Waals surface area (Å²) in [5.74, 6) is -1.42. The van der Waals surface area contributed by atoms with Gasteiger partial charge in [0.2, 0.25) is 0 Å². The van der Waals surface area contributed by atoms with Crippen molar-refractivity contribution >= 4 is 17.4 Å². The molecule has 7 nitrogen and oxygen atoms in total. The highest BCUT2D eigenvalue weighted by Gasteiger charge is 2.46. The Hall–Kier alpha value is -3.03. The van der Waals surface area contributed by atoms with Crippen molar-refractivity contribution < 1.29 is 19.4 Å². The zero-order chi connectivity index (χ0) is 21.8. The summed E-state index contributed by atoms with van der Waals surface area (Å²) in [5, 5.41) is 11.0. The van der Waals surface area contributed by atoms with Gasteiger partial charge in [0.25, 0.3) is 11.7 Å². The first kappa shape index (κ1) is 21.2. The molecule has 2 aliphatic heterocycles. The predicted molar refractivity (Wildman–Crippen MR) is 116 cm³/mol. The van der Waals surface area contributed by atoms with Crippen molar-refractivity contribution in [2.24, 2.45) is 0 Å². The van der Waals surface area contributed by atoms with E-state index >= 15 is 0 Å². The lowest BCUT2D eigenvalue weighted by Crippen LogP contribution is -2.39. The highest BCUT2D eigenvalue weighted by molar-refractivity contribution is 6.46. The second-order valence-electron chi connectivity index (χ2n) is 7.92. The molecule has 4 rings (SSSR count). The van der Waals surface area contributed by atoms with Gasteiger partial charge in [0.15, 0.2) is 0 Å².